The van der Waals surface area contributed by atoms with Gasteiger partial charge in [-0.25, -0.2) is 9.97 Å². The third kappa shape index (κ3) is 8.43. The van der Waals surface area contributed by atoms with Gasteiger partial charge in [0.15, 0.2) is 34.1 Å². The molecule has 4 aromatic rings. The third-order valence-electron chi connectivity index (χ3n) is 11.2. The Labute approximate surface area is 359 Å². The first kappa shape index (κ1) is 46.5. The van der Waals surface area contributed by atoms with Crippen molar-refractivity contribution < 1.29 is 47.7 Å². The highest BCUT2D eigenvalue weighted by Crippen LogP contribution is 2.48. The molecule has 0 aromatic carbocycles. The number of aliphatic hydroxyl groups is 4. The van der Waals surface area contributed by atoms with Gasteiger partial charge in [0, 0.05) is 5.92 Å². The number of anilines is 2. The lowest BCUT2D eigenvalue weighted by molar-refractivity contribution is -0.118. The minimum absolute atomic E-state index is 0.0454. The van der Waals surface area contributed by atoms with E-state index in [2.05, 4.69) is 90.6 Å². The topological polar surface area (TPSA) is 269 Å². The van der Waals surface area contributed by atoms with E-state index in [1.807, 2.05) is 0 Å². The van der Waals surface area contributed by atoms with E-state index in [4.69, 9.17) is 56.5 Å². The number of amides is 1. The summed E-state index contributed by atoms with van der Waals surface area (Å²) >= 11 is 12.3. The third-order valence-corrected chi connectivity index (χ3v) is 22.0. The number of hydrogen-bond donors (Lipinski definition) is 6. The summed E-state index contributed by atoms with van der Waals surface area (Å²) in [4.78, 5) is 37.2. The average molecular weight is 916 g/mol. The molecule has 0 unspecified atom stereocenters. The van der Waals surface area contributed by atoms with E-state index in [1.165, 1.54) is 17.2 Å². The maximum atomic E-state index is 12.3. The lowest BCUT2D eigenvalue weighted by Crippen LogP contribution is -2.65. The number of nitrogens with zero attached hydrogens (tertiary/aromatic N) is 8. The quantitative estimate of drug-likeness (QED) is 0.102. The maximum Gasteiger partial charge on any atom is 0.335 e. The number of fused-ring (bicyclic) bond motifs is 3. The van der Waals surface area contributed by atoms with E-state index in [9.17, 15) is 20.1 Å². The summed E-state index contributed by atoms with van der Waals surface area (Å²) in [5, 5.41) is 43.4. The summed E-state index contributed by atoms with van der Waals surface area (Å²) in [7, 11) is -5.70. The number of ether oxygens (including phenoxy) is 2. The Morgan fingerprint density at radius 2 is 1.33 bits per heavy atom. The fraction of sp³-hybridized carbons (Fsp3) is 0.694. The van der Waals surface area contributed by atoms with Crippen LogP contribution in [-0.2, 0) is 27.2 Å². The Kier molecular flexibility index (Phi) is 14.0. The summed E-state index contributed by atoms with van der Waals surface area (Å²) in [5.74, 6) is -0.498. The van der Waals surface area contributed by atoms with Crippen molar-refractivity contribution in [3.63, 3.8) is 0 Å². The summed E-state index contributed by atoms with van der Waals surface area (Å²) in [6.07, 6.45) is -4.56. The van der Waals surface area contributed by atoms with Gasteiger partial charge in [0.2, 0.25) is 17.8 Å². The molecule has 3 saturated heterocycles. The van der Waals surface area contributed by atoms with Crippen LogP contribution in [0.4, 0.5) is 11.9 Å². The van der Waals surface area contributed by atoms with Gasteiger partial charge in [0.25, 0.3) is 0 Å². The number of rotatable bonds is 9. The number of nitrogen functional groups attached to an aromatic ring is 1. The van der Waals surface area contributed by atoms with E-state index in [-0.39, 0.29) is 68.4 Å². The van der Waals surface area contributed by atoms with Crippen LogP contribution in [0.15, 0.2) is 12.7 Å². The minimum Gasteiger partial charge on any atom is -0.414 e. The molecule has 4 aromatic heterocycles. The molecule has 24 heteroatoms. The number of carbonyl (C=O) groups excluding carboxylic acids is 1. The first-order valence-electron chi connectivity index (χ1n) is 20.0. The molecule has 3 aliphatic rings. The van der Waals surface area contributed by atoms with Crippen molar-refractivity contribution >= 4 is 80.5 Å². The molecule has 60 heavy (non-hydrogen) atoms. The van der Waals surface area contributed by atoms with Gasteiger partial charge in [-0.05, 0) is 22.2 Å². The van der Waals surface area contributed by atoms with Crippen LogP contribution in [-0.4, -0.2) is 132 Å². The van der Waals surface area contributed by atoms with Gasteiger partial charge in [-0.2, -0.15) is 19.9 Å². The number of aromatic nitrogens is 8. The van der Waals surface area contributed by atoms with Crippen molar-refractivity contribution in [2.24, 2.45) is 5.92 Å². The Balaban J connectivity index is 0.000000251. The van der Waals surface area contributed by atoms with Crippen LogP contribution in [0.2, 0.25) is 32.5 Å². The number of imidazole rings is 2. The molecule has 3 fully saturated rings. The van der Waals surface area contributed by atoms with Gasteiger partial charge in [0.1, 0.15) is 47.7 Å². The highest BCUT2D eigenvalue weighted by molar-refractivity contribution is 6.84. The van der Waals surface area contributed by atoms with Crippen molar-refractivity contribution in [3.8, 4) is 0 Å². The highest BCUT2D eigenvalue weighted by Gasteiger charge is 2.62. The van der Waals surface area contributed by atoms with Crippen molar-refractivity contribution in [3.05, 3.63) is 23.0 Å². The molecule has 7 N–H and O–H groups in total. The first-order chi connectivity index (χ1) is 28.2. The lowest BCUT2D eigenvalue weighted by Gasteiger charge is -2.51. The molecule has 332 valence electrons. The Morgan fingerprint density at radius 1 is 0.800 bits per heavy atom. The second-order valence-corrected chi connectivity index (χ2v) is 26.4. The molecule has 1 amide bonds. The van der Waals surface area contributed by atoms with Gasteiger partial charge >= 0.3 is 17.1 Å². The molecule has 3 aliphatic heterocycles. The number of carbonyl (C=O) groups is 1. The number of hydrogen-bond acceptors (Lipinski definition) is 17. The molecule has 0 bridgehead atoms. The molecule has 0 aliphatic carbocycles. The molecule has 0 saturated carbocycles. The van der Waals surface area contributed by atoms with Gasteiger partial charge < -0.3 is 48.6 Å². The molecular weight excluding hydrogens is 860 g/mol. The zero-order valence-electron chi connectivity index (χ0n) is 35.2. The predicted octanol–water partition coefficient (Wildman–Crippen LogP) is 3.96. The molecule has 8 atom stereocenters. The van der Waals surface area contributed by atoms with E-state index in [1.54, 1.807) is 18.4 Å². The normalized spacial score (nSPS) is 27.8. The van der Waals surface area contributed by atoms with Crippen LogP contribution >= 0.6 is 23.2 Å². The van der Waals surface area contributed by atoms with Gasteiger partial charge in [-0.1, -0.05) is 92.4 Å². The Bertz CT molecular complexity index is 2150. The van der Waals surface area contributed by atoms with E-state index < -0.39 is 72.8 Å². The van der Waals surface area contributed by atoms with Crippen molar-refractivity contribution in [2.75, 3.05) is 24.3 Å². The van der Waals surface area contributed by atoms with Crippen LogP contribution in [0, 0.1) is 5.92 Å². The molecule has 0 spiro atoms. The monoisotopic (exact) mass is 914 g/mol. The Hall–Kier alpha value is -2.98. The molecule has 0 radical (unpaired) electrons. The summed E-state index contributed by atoms with van der Waals surface area (Å²) in [6, 6.07) is 0. The van der Waals surface area contributed by atoms with Crippen molar-refractivity contribution in [1.82, 2.24) is 39.0 Å². The van der Waals surface area contributed by atoms with Crippen molar-refractivity contribution in [1.29, 1.82) is 0 Å². The number of nitrogens with one attached hydrogen (secondary N) is 1. The second kappa shape index (κ2) is 18.0. The zero-order valence-corrected chi connectivity index (χ0v) is 38.7. The summed E-state index contributed by atoms with van der Waals surface area (Å²) in [6.45, 7) is 20.6. The molecule has 20 nitrogen and oxygen atoms in total. The standard InChI is InChI=1S/C26H44ClN5O6Si2.C10H12ClN5O4/c1-13(2)24(34)31-26-29-22(27)19-23(30-26)32(12-28-19)25-20(33)21-18(36-25)11-35-39(14(3)4,15(5)6)38-40(37-21,16(7)8)17(9)10;11-7-4-8(15-10(12)14-7)16(2-13-4)9-6(19)5(18)3(1-17)20-9/h12-18,20-21,25,33H,11H2,1-10H3,(H,29,30,31,34);2-3,5-6,9,17-19H,1H2,(H2,12,14,15)/t18-,20-,21-,25-;3-,5-,6-,9-/m11/s1. The number of aliphatic hydroxyl groups excluding tert-OH is 4. The van der Waals surface area contributed by atoms with Gasteiger partial charge in [-0.3, -0.25) is 19.2 Å². The second-order valence-electron chi connectivity index (χ2n) is 16.8. The Morgan fingerprint density at radius 3 is 1.85 bits per heavy atom. The van der Waals surface area contributed by atoms with Crippen LogP contribution in [0.5, 0.6) is 0 Å². The summed E-state index contributed by atoms with van der Waals surface area (Å²) in [5.41, 5.74) is 7.37. The van der Waals surface area contributed by atoms with Gasteiger partial charge in [-0.15, -0.1) is 0 Å². The first-order valence-corrected chi connectivity index (χ1v) is 24.7. The smallest absolute Gasteiger partial charge is 0.335 e. The average Bonchev–Trinajstić information content (AvgIpc) is 3.92. The lowest BCUT2D eigenvalue weighted by atomic mass is 10.1. The number of nitrogens with two attached hydrogens (primary N) is 1. The zero-order chi connectivity index (χ0) is 44.2. The fourth-order valence-corrected chi connectivity index (χ4v) is 19.6. The highest BCUT2D eigenvalue weighted by atomic mass is 35.5. The van der Waals surface area contributed by atoms with Crippen LogP contribution in [0.25, 0.3) is 22.3 Å². The van der Waals surface area contributed by atoms with Crippen LogP contribution in [0.3, 0.4) is 0 Å². The molecule has 7 heterocycles. The van der Waals surface area contributed by atoms with Crippen LogP contribution < -0.4 is 11.1 Å². The maximum absolute atomic E-state index is 12.3. The SMILES string of the molecule is CC(C)C(=O)Nc1nc(Cl)c2ncn([C@@H]3O[C@@H]4CO[Si](C(C)C)(C(C)C)O[Si](C(C)C)(C(C)C)O[C@H]4[C@H]3O)c2n1.Nc1nc(Cl)c2ncn([C@@H]3O[C@H](CO)[C@@H](O)[C@H]3O)c2n1. The van der Waals surface area contributed by atoms with E-state index in [0.717, 1.165) is 0 Å². The largest absolute Gasteiger partial charge is 0.414 e. The predicted molar refractivity (Wildman–Crippen MR) is 225 cm³/mol. The van der Waals surface area contributed by atoms with Crippen molar-refractivity contribution in [2.45, 2.75) is 140 Å². The number of halogens is 2. The van der Waals surface area contributed by atoms with Gasteiger partial charge in [0.05, 0.1) is 25.9 Å². The molecular formula is C36H56Cl2N10O10Si2. The van der Waals surface area contributed by atoms with E-state index >= 15 is 0 Å². The molecule has 7 rings (SSSR count). The fourth-order valence-electron chi connectivity index (χ4n) is 7.94. The van der Waals surface area contributed by atoms with Crippen LogP contribution in [0.1, 0.15) is 81.7 Å². The minimum atomic E-state index is -2.95. The summed E-state index contributed by atoms with van der Waals surface area (Å²) < 4.78 is 35.9. The van der Waals surface area contributed by atoms with E-state index in [0.29, 0.717) is 16.7 Å².